The molecule has 0 spiro atoms. The molecule has 2 heterocycles. The van der Waals surface area contributed by atoms with Gasteiger partial charge in [0.25, 0.3) is 0 Å². The fraction of sp³-hybridized carbons (Fsp3) is 0.583. The average molecular weight is 249 g/mol. The van der Waals surface area contributed by atoms with Crippen molar-refractivity contribution >= 4 is 5.65 Å². The van der Waals surface area contributed by atoms with Crippen LogP contribution in [0.3, 0.4) is 0 Å². The molecule has 6 heteroatoms. The Kier molecular flexibility index (Phi) is 4.09. The minimum atomic E-state index is -0.0933. The fourth-order valence-electron chi connectivity index (χ4n) is 1.80. The summed E-state index contributed by atoms with van der Waals surface area (Å²) < 4.78 is 3.02. The number of fused-ring (bicyclic) bond motifs is 1. The average Bonchev–Trinajstić information content (AvgIpc) is 2.66. The third-order valence-electron chi connectivity index (χ3n) is 2.74. The maximum atomic E-state index is 11.9. The molecule has 0 saturated heterocycles. The fourth-order valence-corrected chi connectivity index (χ4v) is 1.80. The lowest BCUT2D eigenvalue weighted by Crippen LogP contribution is -2.25. The molecule has 0 amide bonds. The van der Waals surface area contributed by atoms with Crippen LogP contribution in [0.15, 0.2) is 23.4 Å². The Morgan fingerprint density at radius 2 is 2.22 bits per heavy atom. The summed E-state index contributed by atoms with van der Waals surface area (Å²) in [6.45, 7) is 5.88. The molecule has 0 saturated carbocycles. The van der Waals surface area contributed by atoms with Crippen molar-refractivity contribution in [2.24, 2.45) is 0 Å². The highest BCUT2D eigenvalue weighted by Crippen LogP contribution is 1.95. The summed E-state index contributed by atoms with van der Waals surface area (Å²) in [5.74, 6) is 0. The number of nitrogens with zero attached hydrogens (tertiary/aromatic N) is 4. The van der Waals surface area contributed by atoms with Crippen molar-refractivity contribution < 1.29 is 0 Å². The molecule has 2 aromatic rings. The third-order valence-corrected chi connectivity index (χ3v) is 2.74. The summed E-state index contributed by atoms with van der Waals surface area (Å²) in [4.78, 5) is 15.9. The molecule has 0 unspecified atom stereocenters. The smallest absolute Gasteiger partial charge is 0.315 e. The van der Waals surface area contributed by atoms with E-state index in [1.54, 1.807) is 18.6 Å². The number of aromatic nitrogens is 4. The van der Waals surface area contributed by atoms with Crippen molar-refractivity contribution in [2.45, 2.75) is 39.3 Å². The SMILES string of the molecule is CC(C)NCCCCn1nc2cnccn2c1=O. The van der Waals surface area contributed by atoms with E-state index in [9.17, 15) is 4.79 Å². The van der Waals surface area contributed by atoms with Gasteiger partial charge in [-0.1, -0.05) is 13.8 Å². The zero-order valence-corrected chi connectivity index (χ0v) is 10.8. The number of nitrogens with one attached hydrogen (secondary N) is 1. The highest BCUT2D eigenvalue weighted by molar-refractivity contribution is 5.31. The second-order valence-electron chi connectivity index (χ2n) is 4.63. The number of hydrogen-bond donors (Lipinski definition) is 1. The predicted molar refractivity (Wildman–Crippen MR) is 69.6 cm³/mol. The minimum Gasteiger partial charge on any atom is -0.315 e. The second-order valence-corrected chi connectivity index (χ2v) is 4.63. The Morgan fingerprint density at radius 3 is 2.94 bits per heavy atom. The van der Waals surface area contributed by atoms with Gasteiger partial charge in [0.15, 0.2) is 5.65 Å². The summed E-state index contributed by atoms with van der Waals surface area (Å²) in [7, 11) is 0. The van der Waals surface area contributed by atoms with Gasteiger partial charge in [-0.05, 0) is 19.4 Å². The summed E-state index contributed by atoms with van der Waals surface area (Å²) in [5.41, 5.74) is 0.507. The van der Waals surface area contributed by atoms with Crippen LogP contribution < -0.4 is 11.0 Å². The van der Waals surface area contributed by atoms with Crippen molar-refractivity contribution in [2.75, 3.05) is 6.54 Å². The lowest BCUT2D eigenvalue weighted by Gasteiger charge is -2.06. The van der Waals surface area contributed by atoms with Crippen LogP contribution in [0.5, 0.6) is 0 Å². The van der Waals surface area contributed by atoms with Gasteiger partial charge in [-0.25, -0.2) is 13.9 Å². The highest BCUT2D eigenvalue weighted by atomic mass is 16.2. The van der Waals surface area contributed by atoms with E-state index in [4.69, 9.17) is 0 Å². The standard InChI is InChI=1S/C12H19N5O/c1-10(2)14-5-3-4-7-17-12(18)16-8-6-13-9-11(16)15-17/h6,8-10,14H,3-5,7H2,1-2H3. The molecular formula is C12H19N5O. The van der Waals surface area contributed by atoms with Gasteiger partial charge in [0.1, 0.15) is 0 Å². The van der Waals surface area contributed by atoms with Crippen LogP contribution in [0.4, 0.5) is 0 Å². The molecule has 0 aliphatic carbocycles. The maximum absolute atomic E-state index is 11.9. The first-order chi connectivity index (χ1) is 8.68. The zero-order chi connectivity index (χ0) is 13.0. The van der Waals surface area contributed by atoms with Gasteiger partial charge in [0.2, 0.25) is 0 Å². The van der Waals surface area contributed by atoms with E-state index in [0.717, 1.165) is 19.4 Å². The molecule has 0 aromatic carbocycles. The van der Waals surface area contributed by atoms with Gasteiger partial charge in [-0.2, -0.15) is 0 Å². The minimum absolute atomic E-state index is 0.0933. The molecule has 2 aromatic heterocycles. The Bertz CT molecular complexity index is 557. The molecule has 0 aliphatic heterocycles. The van der Waals surface area contributed by atoms with Gasteiger partial charge < -0.3 is 5.32 Å². The lowest BCUT2D eigenvalue weighted by atomic mass is 10.3. The summed E-state index contributed by atoms with van der Waals surface area (Å²) in [6.07, 6.45) is 6.81. The van der Waals surface area contributed by atoms with Crippen LogP contribution in [0.25, 0.3) is 5.65 Å². The van der Waals surface area contributed by atoms with Crippen molar-refractivity contribution in [1.29, 1.82) is 0 Å². The highest BCUT2D eigenvalue weighted by Gasteiger charge is 2.05. The van der Waals surface area contributed by atoms with Crippen LogP contribution in [0.1, 0.15) is 26.7 Å². The van der Waals surface area contributed by atoms with Gasteiger partial charge >= 0.3 is 5.69 Å². The van der Waals surface area contributed by atoms with Crippen LogP contribution in [-0.4, -0.2) is 31.8 Å². The van der Waals surface area contributed by atoms with Crippen molar-refractivity contribution in [3.63, 3.8) is 0 Å². The number of rotatable bonds is 6. The molecule has 2 rings (SSSR count). The van der Waals surface area contributed by atoms with Gasteiger partial charge in [-0.3, -0.25) is 4.98 Å². The number of unbranched alkanes of at least 4 members (excludes halogenated alkanes) is 1. The summed E-state index contributed by atoms with van der Waals surface area (Å²) in [5, 5.41) is 7.58. The van der Waals surface area contributed by atoms with Crippen LogP contribution in [0, 0.1) is 0 Å². The van der Waals surface area contributed by atoms with Crippen LogP contribution in [-0.2, 0) is 6.54 Å². The topological polar surface area (TPSA) is 64.2 Å². The van der Waals surface area contributed by atoms with E-state index in [1.165, 1.54) is 9.08 Å². The van der Waals surface area contributed by atoms with Gasteiger partial charge in [-0.15, -0.1) is 5.10 Å². The first-order valence-electron chi connectivity index (χ1n) is 6.31. The molecule has 0 fully saturated rings. The number of aryl methyl sites for hydroxylation is 1. The monoisotopic (exact) mass is 249 g/mol. The Morgan fingerprint density at radius 1 is 1.39 bits per heavy atom. The number of hydrogen-bond acceptors (Lipinski definition) is 4. The van der Waals surface area contributed by atoms with Gasteiger partial charge in [0.05, 0.1) is 6.20 Å². The summed E-state index contributed by atoms with van der Waals surface area (Å²) in [6, 6.07) is 0.508. The third kappa shape index (κ3) is 2.95. The largest absolute Gasteiger partial charge is 0.350 e. The van der Waals surface area contributed by atoms with E-state index in [-0.39, 0.29) is 5.69 Å². The molecule has 18 heavy (non-hydrogen) atoms. The zero-order valence-electron chi connectivity index (χ0n) is 10.8. The first-order valence-corrected chi connectivity index (χ1v) is 6.31. The van der Waals surface area contributed by atoms with E-state index < -0.39 is 0 Å². The lowest BCUT2D eigenvalue weighted by molar-refractivity contribution is 0.504. The molecule has 98 valence electrons. The molecule has 1 N–H and O–H groups in total. The first kappa shape index (κ1) is 12.8. The van der Waals surface area contributed by atoms with Crippen molar-refractivity contribution in [3.8, 4) is 0 Å². The van der Waals surface area contributed by atoms with Gasteiger partial charge in [0, 0.05) is 25.0 Å². The molecule has 0 aliphatic rings. The van der Waals surface area contributed by atoms with E-state index in [0.29, 0.717) is 18.2 Å². The molecular weight excluding hydrogens is 230 g/mol. The van der Waals surface area contributed by atoms with E-state index in [1.807, 2.05) is 0 Å². The van der Waals surface area contributed by atoms with Crippen LogP contribution in [0.2, 0.25) is 0 Å². The van der Waals surface area contributed by atoms with Crippen molar-refractivity contribution in [3.05, 3.63) is 29.1 Å². The normalized spacial score (nSPS) is 11.5. The molecule has 6 nitrogen and oxygen atoms in total. The van der Waals surface area contributed by atoms with E-state index >= 15 is 0 Å². The van der Waals surface area contributed by atoms with Crippen molar-refractivity contribution in [1.82, 2.24) is 24.5 Å². The van der Waals surface area contributed by atoms with E-state index in [2.05, 4.69) is 29.2 Å². The predicted octanol–water partition coefficient (Wildman–Crippen LogP) is 0.669. The molecule has 0 radical (unpaired) electrons. The van der Waals surface area contributed by atoms with Crippen LogP contribution >= 0.6 is 0 Å². The Balaban J connectivity index is 1.92. The maximum Gasteiger partial charge on any atom is 0.350 e. The summed E-state index contributed by atoms with van der Waals surface area (Å²) >= 11 is 0. The quantitative estimate of drug-likeness (QED) is 0.764. The Labute approximate surface area is 106 Å². The second kappa shape index (κ2) is 5.77. The molecule has 0 bridgehead atoms. The Hall–Kier alpha value is -1.69. The molecule has 0 atom stereocenters.